The highest BCUT2D eigenvalue weighted by Crippen LogP contribution is 2.16. The van der Waals surface area contributed by atoms with Gasteiger partial charge in [-0.1, -0.05) is 24.3 Å². The van der Waals surface area contributed by atoms with Gasteiger partial charge in [-0.3, -0.25) is 0 Å². The fourth-order valence-corrected chi connectivity index (χ4v) is 3.72. The van der Waals surface area contributed by atoms with E-state index in [0.717, 1.165) is 19.4 Å². The Kier molecular flexibility index (Phi) is 8.46. The molecule has 0 atom stereocenters. The molecule has 0 saturated carbocycles. The summed E-state index contributed by atoms with van der Waals surface area (Å²) in [5.74, 6) is 0. The van der Waals surface area contributed by atoms with Crippen LogP contribution in [0.3, 0.4) is 0 Å². The Bertz CT molecular complexity index is 1010. The minimum atomic E-state index is 0.692. The maximum Gasteiger partial charge on any atom is 0.205 e. The summed E-state index contributed by atoms with van der Waals surface area (Å²) >= 11 is 0. The normalized spacial score (nSPS) is 11.2. The number of benzene rings is 2. The van der Waals surface area contributed by atoms with Crippen LogP contribution in [0, 0.1) is 0 Å². The number of aryl methyl sites for hydroxylation is 2. The lowest BCUT2D eigenvalue weighted by atomic mass is 10.1. The standard InChI is InChI=1S/C28H36N3O/c1-29(2)25-15-9-23(10-16-25)13-19-27-7-6-8-28(31(27)21-22-32-5)20-14-24-11-17-26(18-12-24)30(3)4/h6-13,15-19H,14,20-22H2,1-5H3/q+1. The summed E-state index contributed by atoms with van der Waals surface area (Å²) < 4.78 is 7.78. The fourth-order valence-electron chi connectivity index (χ4n) is 3.72. The second-order valence-corrected chi connectivity index (χ2v) is 8.47. The van der Waals surface area contributed by atoms with Crippen molar-refractivity contribution in [3.8, 4) is 0 Å². The number of rotatable bonds is 10. The quantitative estimate of drug-likeness (QED) is 0.435. The van der Waals surface area contributed by atoms with Crippen molar-refractivity contribution >= 4 is 23.5 Å². The summed E-state index contributed by atoms with van der Waals surface area (Å²) in [5, 5.41) is 0. The molecule has 2 aromatic carbocycles. The average molecular weight is 431 g/mol. The van der Waals surface area contributed by atoms with Crippen molar-refractivity contribution in [2.24, 2.45) is 0 Å². The lowest BCUT2D eigenvalue weighted by molar-refractivity contribution is -0.707. The number of aromatic nitrogens is 1. The van der Waals surface area contributed by atoms with E-state index in [1.165, 1.54) is 33.9 Å². The molecule has 1 heterocycles. The van der Waals surface area contributed by atoms with Gasteiger partial charge in [-0.25, -0.2) is 0 Å². The smallest absolute Gasteiger partial charge is 0.205 e. The van der Waals surface area contributed by atoms with Gasteiger partial charge in [-0.2, -0.15) is 4.57 Å². The van der Waals surface area contributed by atoms with Gasteiger partial charge in [0.1, 0.15) is 6.61 Å². The van der Waals surface area contributed by atoms with Crippen LogP contribution in [0.1, 0.15) is 22.5 Å². The number of pyridine rings is 1. The van der Waals surface area contributed by atoms with Crippen molar-refractivity contribution in [1.29, 1.82) is 0 Å². The number of hydrogen-bond acceptors (Lipinski definition) is 3. The molecule has 0 unspecified atom stereocenters. The van der Waals surface area contributed by atoms with Gasteiger partial charge in [0.15, 0.2) is 12.2 Å². The first-order valence-electron chi connectivity index (χ1n) is 11.2. The molecule has 168 valence electrons. The zero-order valence-corrected chi connectivity index (χ0v) is 20.1. The summed E-state index contributed by atoms with van der Waals surface area (Å²) in [6, 6.07) is 24.0. The van der Waals surface area contributed by atoms with Crippen LogP contribution in [-0.4, -0.2) is 41.9 Å². The monoisotopic (exact) mass is 430 g/mol. The Balaban J connectivity index is 1.78. The summed E-state index contributed by atoms with van der Waals surface area (Å²) in [6.45, 7) is 1.53. The third kappa shape index (κ3) is 6.44. The SMILES string of the molecule is COCC[n+]1c(/C=C/c2ccc(N(C)C)cc2)cccc1CCc1ccc(N(C)C)cc1. The van der Waals surface area contributed by atoms with Gasteiger partial charge < -0.3 is 14.5 Å². The van der Waals surface area contributed by atoms with Crippen molar-refractivity contribution in [1.82, 2.24) is 0 Å². The van der Waals surface area contributed by atoms with E-state index in [1.807, 2.05) is 0 Å². The molecule has 3 rings (SSSR count). The lowest BCUT2D eigenvalue weighted by Gasteiger charge is -2.12. The first-order valence-corrected chi connectivity index (χ1v) is 11.2. The molecular weight excluding hydrogens is 394 g/mol. The van der Waals surface area contributed by atoms with Gasteiger partial charge in [0.25, 0.3) is 0 Å². The van der Waals surface area contributed by atoms with Crippen LogP contribution in [0.15, 0.2) is 66.7 Å². The highest BCUT2D eigenvalue weighted by atomic mass is 16.5. The van der Waals surface area contributed by atoms with E-state index in [2.05, 4.69) is 121 Å². The Morgan fingerprint density at radius 2 is 1.38 bits per heavy atom. The molecule has 4 heteroatoms. The van der Waals surface area contributed by atoms with E-state index < -0.39 is 0 Å². The van der Waals surface area contributed by atoms with Crippen molar-refractivity contribution in [3.05, 3.63) is 89.2 Å². The van der Waals surface area contributed by atoms with E-state index in [9.17, 15) is 0 Å². The largest absolute Gasteiger partial charge is 0.378 e. The average Bonchev–Trinajstić information content (AvgIpc) is 2.81. The van der Waals surface area contributed by atoms with Crippen LogP contribution >= 0.6 is 0 Å². The number of nitrogens with zero attached hydrogens (tertiary/aromatic N) is 3. The molecule has 32 heavy (non-hydrogen) atoms. The molecule has 0 spiro atoms. The van der Waals surface area contributed by atoms with Crippen LogP contribution in [-0.2, 0) is 24.1 Å². The Morgan fingerprint density at radius 1 is 0.750 bits per heavy atom. The van der Waals surface area contributed by atoms with Crippen molar-refractivity contribution in [2.75, 3.05) is 51.7 Å². The van der Waals surface area contributed by atoms with Crippen LogP contribution in [0.2, 0.25) is 0 Å². The zero-order chi connectivity index (χ0) is 22.9. The van der Waals surface area contributed by atoms with Crippen molar-refractivity contribution in [2.45, 2.75) is 19.4 Å². The van der Waals surface area contributed by atoms with Crippen LogP contribution in [0.25, 0.3) is 12.2 Å². The molecule has 0 aliphatic heterocycles. The second-order valence-electron chi connectivity index (χ2n) is 8.47. The molecule has 0 N–H and O–H groups in total. The van der Waals surface area contributed by atoms with Gasteiger partial charge >= 0.3 is 0 Å². The van der Waals surface area contributed by atoms with E-state index >= 15 is 0 Å². The second kappa shape index (κ2) is 11.5. The van der Waals surface area contributed by atoms with E-state index in [0.29, 0.717) is 6.61 Å². The molecule has 0 saturated heterocycles. The summed E-state index contributed by atoms with van der Waals surface area (Å²) in [7, 11) is 10.0. The maximum atomic E-state index is 5.40. The molecule has 4 nitrogen and oxygen atoms in total. The van der Waals surface area contributed by atoms with Crippen LogP contribution < -0.4 is 14.4 Å². The van der Waals surface area contributed by atoms with Gasteiger partial charge in [0, 0.05) is 71.3 Å². The predicted molar refractivity (Wildman–Crippen MR) is 136 cm³/mol. The first kappa shape index (κ1) is 23.6. The Hall–Kier alpha value is -3.11. The van der Waals surface area contributed by atoms with E-state index in [-0.39, 0.29) is 0 Å². The molecule has 0 bridgehead atoms. The third-order valence-electron chi connectivity index (χ3n) is 5.71. The van der Waals surface area contributed by atoms with E-state index in [1.54, 1.807) is 7.11 Å². The van der Waals surface area contributed by atoms with Gasteiger partial charge in [-0.05, 0) is 54.0 Å². The summed E-state index contributed by atoms with van der Waals surface area (Å²) in [5.41, 5.74) is 7.51. The van der Waals surface area contributed by atoms with Gasteiger partial charge in [0.05, 0.1) is 0 Å². The summed E-state index contributed by atoms with van der Waals surface area (Å²) in [4.78, 5) is 4.25. The molecule has 3 aromatic rings. The molecule has 0 fully saturated rings. The molecule has 0 aliphatic carbocycles. The van der Waals surface area contributed by atoms with Gasteiger partial charge in [-0.15, -0.1) is 0 Å². The number of methoxy groups -OCH3 is 1. The highest BCUT2D eigenvalue weighted by Gasteiger charge is 2.15. The minimum absolute atomic E-state index is 0.692. The lowest BCUT2D eigenvalue weighted by Crippen LogP contribution is -2.43. The van der Waals surface area contributed by atoms with Crippen molar-refractivity contribution < 1.29 is 9.30 Å². The molecule has 0 radical (unpaired) electrons. The minimum Gasteiger partial charge on any atom is -0.378 e. The fraction of sp³-hybridized carbons (Fsp3) is 0.321. The Labute approximate surface area is 193 Å². The van der Waals surface area contributed by atoms with E-state index in [4.69, 9.17) is 4.74 Å². The van der Waals surface area contributed by atoms with Crippen LogP contribution in [0.4, 0.5) is 11.4 Å². The van der Waals surface area contributed by atoms with Gasteiger partial charge in [0.2, 0.25) is 5.69 Å². The van der Waals surface area contributed by atoms with Crippen molar-refractivity contribution in [3.63, 3.8) is 0 Å². The topological polar surface area (TPSA) is 19.6 Å². The molecule has 0 aliphatic rings. The predicted octanol–water partition coefficient (Wildman–Crippen LogP) is 4.71. The number of hydrogen-bond donors (Lipinski definition) is 0. The molecular formula is C28H36N3O+. The molecule has 0 amide bonds. The van der Waals surface area contributed by atoms with Crippen LogP contribution in [0.5, 0.6) is 0 Å². The highest BCUT2D eigenvalue weighted by molar-refractivity contribution is 5.68. The third-order valence-corrected chi connectivity index (χ3v) is 5.71. The Morgan fingerprint density at radius 3 is 1.97 bits per heavy atom. The zero-order valence-electron chi connectivity index (χ0n) is 20.1. The maximum absolute atomic E-state index is 5.40. The number of anilines is 2. The summed E-state index contributed by atoms with van der Waals surface area (Å²) in [6.07, 6.45) is 6.39. The first-order chi connectivity index (χ1) is 15.5. The molecule has 1 aromatic heterocycles. The number of ether oxygens (including phenoxy) is 1.